The molecule has 1 atom stereocenters. The van der Waals surface area contributed by atoms with Gasteiger partial charge in [0.05, 0.1) is 13.5 Å². The molecule has 1 aromatic rings. The predicted molar refractivity (Wildman–Crippen MR) is 69.0 cm³/mol. The molecule has 1 unspecified atom stereocenters. The fraction of sp³-hybridized carbons (Fsp3) is 0.500. The van der Waals surface area contributed by atoms with E-state index in [0.717, 1.165) is 0 Å². The van der Waals surface area contributed by atoms with Crippen molar-refractivity contribution in [3.63, 3.8) is 0 Å². The number of aryl methyl sites for hydroxylation is 2. The topological polar surface area (TPSA) is 29.5 Å². The number of carbonyl (C=O) groups excluding carboxylic acids is 1. The van der Waals surface area contributed by atoms with E-state index in [0.29, 0.717) is 6.42 Å². The van der Waals surface area contributed by atoms with Gasteiger partial charge in [-0.15, -0.1) is 0 Å². The second-order valence-electron chi connectivity index (χ2n) is 4.62. The van der Waals surface area contributed by atoms with Gasteiger partial charge in [0.15, 0.2) is 0 Å². The molecule has 1 aromatic carbocycles. The molecule has 0 N–H and O–H groups in total. The minimum Gasteiger partial charge on any atom is -0.469 e. The second kappa shape index (κ2) is 5.82. The van der Waals surface area contributed by atoms with E-state index < -0.39 is 0 Å². The van der Waals surface area contributed by atoms with Crippen molar-refractivity contribution in [1.29, 1.82) is 0 Å². The summed E-state index contributed by atoms with van der Waals surface area (Å²) in [6, 6.07) is 6.39. The van der Waals surface area contributed by atoms with Crippen LogP contribution in [0.2, 0.25) is 0 Å². The summed E-state index contributed by atoms with van der Waals surface area (Å²) in [6.07, 6.45) is 0.382. The van der Waals surface area contributed by atoms with Crippen LogP contribution in [0, 0.1) is 13.8 Å². The Kier molecular flexibility index (Phi) is 4.70. The lowest BCUT2D eigenvalue weighted by Gasteiger charge is -2.25. The van der Waals surface area contributed by atoms with Gasteiger partial charge in [-0.2, -0.15) is 0 Å². The summed E-state index contributed by atoms with van der Waals surface area (Å²) >= 11 is 0. The molecule has 3 heteroatoms. The third-order valence-electron chi connectivity index (χ3n) is 3.00. The van der Waals surface area contributed by atoms with Crippen LogP contribution < -0.4 is 0 Å². The summed E-state index contributed by atoms with van der Waals surface area (Å²) in [5, 5.41) is 0. The smallest absolute Gasteiger partial charge is 0.307 e. The Morgan fingerprint density at radius 2 is 2.00 bits per heavy atom. The first-order valence-corrected chi connectivity index (χ1v) is 5.76. The van der Waals surface area contributed by atoms with E-state index in [4.69, 9.17) is 4.74 Å². The van der Waals surface area contributed by atoms with Crippen LogP contribution in [0.5, 0.6) is 0 Å². The molecule has 0 heterocycles. The first-order valence-electron chi connectivity index (χ1n) is 5.76. The van der Waals surface area contributed by atoms with Gasteiger partial charge in [-0.25, -0.2) is 0 Å². The Hall–Kier alpha value is -1.35. The van der Waals surface area contributed by atoms with E-state index in [9.17, 15) is 4.79 Å². The van der Waals surface area contributed by atoms with E-state index in [1.807, 2.05) is 14.1 Å². The molecule has 0 aromatic heterocycles. The van der Waals surface area contributed by atoms with Crippen LogP contribution in [0.15, 0.2) is 18.2 Å². The number of benzene rings is 1. The molecule has 0 aliphatic rings. The van der Waals surface area contributed by atoms with E-state index in [1.54, 1.807) is 0 Å². The van der Waals surface area contributed by atoms with Crippen LogP contribution in [-0.2, 0) is 9.53 Å². The summed E-state index contributed by atoms with van der Waals surface area (Å²) < 4.78 is 4.75. The molecular weight excluding hydrogens is 214 g/mol. The Balaban J connectivity index is 3.01. The van der Waals surface area contributed by atoms with Crippen molar-refractivity contribution < 1.29 is 9.53 Å². The zero-order valence-electron chi connectivity index (χ0n) is 11.3. The van der Waals surface area contributed by atoms with Gasteiger partial charge in [-0.05, 0) is 39.1 Å². The number of hydrogen-bond donors (Lipinski definition) is 0. The molecule has 17 heavy (non-hydrogen) atoms. The molecule has 0 aliphatic heterocycles. The van der Waals surface area contributed by atoms with Gasteiger partial charge in [-0.3, -0.25) is 4.79 Å². The summed E-state index contributed by atoms with van der Waals surface area (Å²) in [6.45, 7) is 4.15. The van der Waals surface area contributed by atoms with Crippen molar-refractivity contribution in [2.45, 2.75) is 26.3 Å². The van der Waals surface area contributed by atoms with Crippen molar-refractivity contribution in [3.8, 4) is 0 Å². The highest BCUT2D eigenvalue weighted by atomic mass is 16.5. The van der Waals surface area contributed by atoms with Crippen LogP contribution >= 0.6 is 0 Å². The summed E-state index contributed by atoms with van der Waals surface area (Å²) in [5.74, 6) is -0.177. The lowest BCUT2D eigenvalue weighted by atomic mass is 9.96. The molecule has 0 radical (unpaired) electrons. The zero-order chi connectivity index (χ0) is 13.0. The Morgan fingerprint density at radius 1 is 1.35 bits per heavy atom. The highest BCUT2D eigenvalue weighted by molar-refractivity contribution is 5.70. The van der Waals surface area contributed by atoms with Crippen LogP contribution in [0.3, 0.4) is 0 Å². The molecule has 0 saturated carbocycles. The summed E-state index contributed by atoms with van der Waals surface area (Å²) in [7, 11) is 5.39. The summed E-state index contributed by atoms with van der Waals surface area (Å²) in [4.78, 5) is 13.5. The molecule has 3 nitrogen and oxygen atoms in total. The highest BCUT2D eigenvalue weighted by Crippen LogP contribution is 2.26. The minimum atomic E-state index is -0.177. The quantitative estimate of drug-likeness (QED) is 0.751. The first kappa shape index (κ1) is 13.7. The molecule has 0 fully saturated rings. The van der Waals surface area contributed by atoms with Crippen LogP contribution in [0.25, 0.3) is 0 Å². The number of nitrogens with zero attached hydrogens (tertiary/aromatic N) is 1. The maximum absolute atomic E-state index is 11.4. The number of methoxy groups -OCH3 is 1. The zero-order valence-corrected chi connectivity index (χ0v) is 11.3. The third kappa shape index (κ3) is 3.56. The lowest BCUT2D eigenvalue weighted by Crippen LogP contribution is -2.24. The van der Waals surface area contributed by atoms with Crippen molar-refractivity contribution in [3.05, 3.63) is 34.9 Å². The van der Waals surface area contributed by atoms with Crippen LogP contribution in [-0.4, -0.2) is 32.1 Å². The van der Waals surface area contributed by atoms with E-state index >= 15 is 0 Å². The fourth-order valence-electron chi connectivity index (χ4n) is 2.01. The number of esters is 1. The van der Waals surface area contributed by atoms with Crippen LogP contribution in [0.4, 0.5) is 0 Å². The van der Waals surface area contributed by atoms with Gasteiger partial charge in [0.25, 0.3) is 0 Å². The molecule has 1 rings (SSSR count). The van der Waals surface area contributed by atoms with Crippen molar-refractivity contribution in [1.82, 2.24) is 4.90 Å². The van der Waals surface area contributed by atoms with E-state index in [1.165, 1.54) is 23.8 Å². The normalized spacial score (nSPS) is 12.6. The number of rotatable bonds is 4. The van der Waals surface area contributed by atoms with Crippen LogP contribution in [0.1, 0.15) is 29.2 Å². The predicted octanol–water partition coefficient (Wildman–Crippen LogP) is 2.47. The summed E-state index contributed by atoms with van der Waals surface area (Å²) in [5.41, 5.74) is 3.64. The van der Waals surface area contributed by atoms with E-state index in [2.05, 4.69) is 36.9 Å². The SMILES string of the molecule is COC(=O)CC(c1ccc(C)cc1C)N(C)C. The van der Waals surface area contributed by atoms with Gasteiger partial charge >= 0.3 is 5.97 Å². The minimum absolute atomic E-state index is 0.0723. The molecule has 0 bridgehead atoms. The highest BCUT2D eigenvalue weighted by Gasteiger charge is 2.20. The van der Waals surface area contributed by atoms with Gasteiger partial charge in [0.1, 0.15) is 0 Å². The average Bonchev–Trinajstić information content (AvgIpc) is 2.26. The van der Waals surface area contributed by atoms with Crippen molar-refractivity contribution in [2.24, 2.45) is 0 Å². The first-order chi connectivity index (χ1) is 7.95. The Morgan fingerprint density at radius 3 is 2.47 bits per heavy atom. The van der Waals surface area contributed by atoms with Gasteiger partial charge < -0.3 is 9.64 Å². The van der Waals surface area contributed by atoms with Crippen molar-refractivity contribution in [2.75, 3.05) is 21.2 Å². The number of hydrogen-bond acceptors (Lipinski definition) is 3. The largest absolute Gasteiger partial charge is 0.469 e. The second-order valence-corrected chi connectivity index (χ2v) is 4.62. The molecule has 0 spiro atoms. The molecule has 94 valence electrons. The van der Waals surface area contributed by atoms with Crippen molar-refractivity contribution >= 4 is 5.97 Å². The maximum Gasteiger partial charge on any atom is 0.307 e. The van der Waals surface area contributed by atoms with Gasteiger partial charge in [-0.1, -0.05) is 23.8 Å². The monoisotopic (exact) mass is 235 g/mol. The lowest BCUT2D eigenvalue weighted by molar-refractivity contribution is -0.141. The Labute approximate surface area is 103 Å². The standard InChI is InChI=1S/C14H21NO2/c1-10-6-7-12(11(2)8-10)13(15(3)4)9-14(16)17-5/h6-8,13H,9H2,1-5H3. The van der Waals surface area contributed by atoms with E-state index in [-0.39, 0.29) is 12.0 Å². The van der Waals surface area contributed by atoms with Gasteiger partial charge in [0.2, 0.25) is 0 Å². The average molecular weight is 235 g/mol. The maximum atomic E-state index is 11.4. The fourth-order valence-corrected chi connectivity index (χ4v) is 2.01. The molecule has 0 amide bonds. The van der Waals surface area contributed by atoms with Gasteiger partial charge in [0, 0.05) is 6.04 Å². The molecule has 0 aliphatic carbocycles. The number of carbonyl (C=O) groups is 1. The molecular formula is C14H21NO2. The third-order valence-corrected chi connectivity index (χ3v) is 3.00. The Bertz CT molecular complexity index is 399. The molecule has 0 saturated heterocycles. The number of ether oxygens (including phenoxy) is 1.